The first-order valence-corrected chi connectivity index (χ1v) is 7.02. The molecule has 0 aliphatic rings. The number of hydrogen-bond donors (Lipinski definition) is 2. The van der Waals surface area contributed by atoms with E-state index in [-0.39, 0.29) is 0 Å². The lowest BCUT2D eigenvalue weighted by molar-refractivity contribution is 0.342. The van der Waals surface area contributed by atoms with Gasteiger partial charge >= 0.3 is 0 Å². The van der Waals surface area contributed by atoms with Crippen molar-refractivity contribution in [3.63, 3.8) is 0 Å². The summed E-state index contributed by atoms with van der Waals surface area (Å²) in [6.07, 6.45) is 2.87. The SMILES string of the molecule is CCCNc1cc(Nc2ccccc2OCC)ccn1. The lowest BCUT2D eigenvalue weighted by atomic mass is 10.2. The summed E-state index contributed by atoms with van der Waals surface area (Å²) in [6, 6.07) is 11.9. The molecule has 0 saturated heterocycles. The minimum Gasteiger partial charge on any atom is -0.492 e. The minimum atomic E-state index is 0.651. The molecule has 0 spiro atoms. The Bertz CT molecular complexity index is 543. The molecule has 0 saturated carbocycles. The van der Waals surface area contributed by atoms with Gasteiger partial charge in [-0.3, -0.25) is 0 Å². The van der Waals surface area contributed by atoms with Crippen LogP contribution in [0.5, 0.6) is 5.75 Å². The minimum absolute atomic E-state index is 0.651. The zero-order valence-corrected chi connectivity index (χ0v) is 12.0. The highest BCUT2D eigenvalue weighted by molar-refractivity contribution is 5.67. The Morgan fingerprint density at radius 1 is 1.15 bits per heavy atom. The van der Waals surface area contributed by atoms with Crippen molar-refractivity contribution in [3.05, 3.63) is 42.6 Å². The van der Waals surface area contributed by atoms with E-state index in [1.165, 1.54) is 0 Å². The van der Waals surface area contributed by atoms with Crippen molar-refractivity contribution < 1.29 is 4.74 Å². The maximum Gasteiger partial charge on any atom is 0.142 e. The van der Waals surface area contributed by atoms with Crippen LogP contribution in [0.2, 0.25) is 0 Å². The summed E-state index contributed by atoms with van der Waals surface area (Å²) >= 11 is 0. The van der Waals surface area contributed by atoms with E-state index < -0.39 is 0 Å². The zero-order valence-electron chi connectivity index (χ0n) is 12.0. The molecule has 0 fully saturated rings. The number of nitrogens with one attached hydrogen (secondary N) is 2. The summed E-state index contributed by atoms with van der Waals surface area (Å²) in [5.41, 5.74) is 1.95. The number of nitrogens with zero attached hydrogens (tertiary/aromatic N) is 1. The third kappa shape index (κ3) is 3.88. The van der Waals surface area contributed by atoms with E-state index in [1.54, 1.807) is 6.20 Å². The molecule has 0 aliphatic carbocycles. The van der Waals surface area contributed by atoms with Crippen LogP contribution >= 0.6 is 0 Å². The van der Waals surface area contributed by atoms with Gasteiger partial charge in [-0.15, -0.1) is 0 Å². The summed E-state index contributed by atoms with van der Waals surface area (Å²) < 4.78 is 5.61. The summed E-state index contributed by atoms with van der Waals surface area (Å²) in [4.78, 5) is 4.29. The standard InChI is InChI=1S/C16H21N3O/c1-3-10-17-16-12-13(9-11-18-16)19-14-7-5-6-8-15(14)20-4-2/h5-9,11-12H,3-4,10H2,1-2H3,(H2,17,18,19). The van der Waals surface area contributed by atoms with Gasteiger partial charge in [0.2, 0.25) is 0 Å². The molecular weight excluding hydrogens is 250 g/mol. The molecule has 1 aromatic carbocycles. The first-order valence-electron chi connectivity index (χ1n) is 7.02. The summed E-state index contributed by atoms with van der Waals surface area (Å²) in [7, 11) is 0. The average Bonchev–Trinajstić information content (AvgIpc) is 2.48. The molecule has 2 rings (SSSR count). The van der Waals surface area contributed by atoms with Crippen LogP contribution in [0.4, 0.5) is 17.2 Å². The smallest absolute Gasteiger partial charge is 0.142 e. The third-order valence-electron chi connectivity index (χ3n) is 2.78. The van der Waals surface area contributed by atoms with Crippen molar-refractivity contribution in [2.24, 2.45) is 0 Å². The van der Waals surface area contributed by atoms with Crippen LogP contribution in [0.15, 0.2) is 42.6 Å². The van der Waals surface area contributed by atoms with Crippen LogP contribution < -0.4 is 15.4 Å². The maximum absolute atomic E-state index is 5.61. The first-order chi connectivity index (χ1) is 9.83. The second kappa shape index (κ2) is 7.38. The van der Waals surface area contributed by atoms with Crippen molar-refractivity contribution in [1.82, 2.24) is 4.98 Å². The van der Waals surface area contributed by atoms with Gasteiger partial charge in [0.1, 0.15) is 11.6 Å². The van der Waals surface area contributed by atoms with Gasteiger partial charge in [-0.1, -0.05) is 19.1 Å². The van der Waals surface area contributed by atoms with Gasteiger partial charge in [-0.2, -0.15) is 0 Å². The second-order valence-electron chi connectivity index (χ2n) is 4.41. The number of benzene rings is 1. The molecule has 4 heteroatoms. The molecule has 0 amide bonds. The van der Waals surface area contributed by atoms with E-state index in [2.05, 4.69) is 22.5 Å². The second-order valence-corrected chi connectivity index (χ2v) is 4.41. The Kier molecular flexibility index (Phi) is 5.24. The van der Waals surface area contributed by atoms with Crippen LogP contribution in [0.3, 0.4) is 0 Å². The van der Waals surface area contributed by atoms with Gasteiger partial charge in [0.25, 0.3) is 0 Å². The quantitative estimate of drug-likeness (QED) is 0.797. The molecule has 0 atom stereocenters. The molecule has 0 aliphatic heterocycles. The normalized spacial score (nSPS) is 10.1. The highest BCUT2D eigenvalue weighted by Gasteiger charge is 2.03. The maximum atomic E-state index is 5.61. The topological polar surface area (TPSA) is 46.2 Å². The molecule has 2 N–H and O–H groups in total. The van der Waals surface area contributed by atoms with Crippen LogP contribution in [-0.2, 0) is 0 Å². The van der Waals surface area contributed by atoms with E-state index in [1.807, 2.05) is 43.3 Å². The largest absolute Gasteiger partial charge is 0.492 e. The summed E-state index contributed by atoms with van der Waals surface area (Å²) in [6.45, 7) is 5.69. The van der Waals surface area contributed by atoms with E-state index >= 15 is 0 Å². The lowest BCUT2D eigenvalue weighted by Crippen LogP contribution is -2.02. The number of aromatic nitrogens is 1. The van der Waals surface area contributed by atoms with Crippen LogP contribution in [0.1, 0.15) is 20.3 Å². The number of hydrogen-bond acceptors (Lipinski definition) is 4. The molecule has 4 nitrogen and oxygen atoms in total. The number of ether oxygens (including phenoxy) is 1. The predicted molar refractivity (Wildman–Crippen MR) is 83.9 cm³/mol. The molecule has 0 unspecified atom stereocenters. The molecule has 1 heterocycles. The third-order valence-corrected chi connectivity index (χ3v) is 2.78. The fourth-order valence-corrected chi connectivity index (χ4v) is 1.86. The molecule has 0 radical (unpaired) electrons. The summed E-state index contributed by atoms with van der Waals surface area (Å²) in [5, 5.41) is 6.65. The zero-order chi connectivity index (χ0) is 14.2. The van der Waals surface area contributed by atoms with E-state index in [9.17, 15) is 0 Å². The van der Waals surface area contributed by atoms with Crippen LogP contribution in [-0.4, -0.2) is 18.1 Å². The Morgan fingerprint density at radius 3 is 2.80 bits per heavy atom. The van der Waals surface area contributed by atoms with Gasteiger partial charge in [0.15, 0.2) is 0 Å². The van der Waals surface area contributed by atoms with Gasteiger partial charge in [-0.25, -0.2) is 4.98 Å². The van der Waals surface area contributed by atoms with Crippen molar-refractivity contribution >= 4 is 17.2 Å². The number of anilines is 3. The molecule has 2 aromatic rings. The molecule has 20 heavy (non-hydrogen) atoms. The number of pyridine rings is 1. The predicted octanol–water partition coefficient (Wildman–Crippen LogP) is 4.05. The molecule has 1 aromatic heterocycles. The fourth-order valence-electron chi connectivity index (χ4n) is 1.86. The highest BCUT2D eigenvalue weighted by Crippen LogP contribution is 2.27. The Hall–Kier alpha value is -2.23. The lowest BCUT2D eigenvalue weighted by Gasteiger charge is -2.13. The Labute approximate surface area is 120 Å². The van der Waals surface area contributed by atoms with Gasteiger partial charge in [0, 0.05) is 24.5 Å². The van der Waals surface area contributed by atoms with E-state index in [0.717, 1.165) is 35.9 Å². The molecular formula is C16H21N3O. The Balaban J connectivity index is 2.13. The van der Waals surface area contributed by atoms with E-state index in [0.29, 0.717) is 6.61 Å². The van der Waals surface area contributed by atoms with E-state index in [4.69, 9.17) is 4.74 Å². The van der Waals surface area contributed by atoms with Crippen molar-refractivity contribution in [2.45, 2.75) is 20.3 Å². The molecule has 0 bridgehead atoms. The monoisotopic (exact) mass is 271 g/mol. The van der Waals surface area contributed by atoms with Gasteiger partial charge in [0.05, 0.1) is 12.3 Å². The van der Waals surface area contributed by atoms with Gasteiger partial charge < -0.3 is 15.4 Å². The average molecular weight is 271 g/mol. The number of para-hydroxylation sites is 2. The Morgan fingerprint density at radius 2 is 2.00 bits per heavy atom. The van der Waals surface area contributed by atoms with Gasteiger partial charge in [-0.05, 0) is 31.5 Å². The molecule has 106 valence electrons. The van der Waals surface area contributed by atoms with Crippen LogP contribution in [0, 0.1) is 0 Å². The number of rotatable bonds is 7. The van der Waals surface area contributed by atoms with Crippen molar-refractivity contribution in [1.29, 1.82) is 0 Å². The fraction of sp³-hybridized carbons (Fsp3) is 0.312. The highest BCUT2D eigenvalue weighted by atomic mass is 16.5. The van der Waals surface area contributed by atoms with Crippen molar-refractivity contribution in [2.75, 3.05) is 23.8 Å². The summed E-state index contributed by atoms with van der Waals surface area (Å²) in [5.74, 6) is 1.74. The van der Waals surface area contributed by atoms with Crippen LogP contribution in [0.25, 0.3) is 0 Å². The first kappa shape index (κ1) is 14.2. The van der Waals surface area contributed by atoms with Crippen molar-refractivity contribution in [3.8, 4) is 5.75 Å².